The number of para-hydroxylation sites is 1. The quantitative estimate of drug-likeness (QED) is 0.546. The van der Waals surface area contributed by atoms with Gasteiger partial charge in [0.15, 0.2) is 0 Å². The van der Waals surface area contributed by atoms with Crippen molar-refractivity contribution in [3.63, 3.8) is 0 Å². The van der Waals surface area contributed by atoms with Crippen LogP contribution < -0.4 is 4.74 Å². The molecule has 2 aromatic rings. The molecule has 1 saturated heterocycles. The summed E-state index contributed by atoms with van der Waals surface area (Å²) in [5, 5.41) is 0.386. The Labute approximate surface area is 195 Å². The fourth-order valence-corrected chi connectivity index (χ4v) is 4.76. The molecule has 1 amide bonds. The third-order valence-corrected chi connectivity index (χ3v) is 6.20. The SMILES string of the molecule is COC(=O)[C@@H]1C[C@]2(CCc3c(c(C)nc4c(C(F)(F)F)cccc34)O2)CN1C(=O)OC(C)(C)C. The molecule has 184 valence electrons. The lowest BCUT2D eigenvalue weighted by Gasteiger charge is -2.36. The second-order valence-corrected chi connectivity index (χ2v) is 9.84. The number of fused-ring (bicyclic) bond motifs is 3. The van der Waals surface area contributed by atoms with Gasteiger partial charge in [-0.2, -0.15) is 13.2 Å². The van der Waals surface area contributed by atoms with Crippen LogP contribution in [0, 0.1) is 6.92 Å². The molecule has 0 aliphatic carbocycles. The number of hydrogen-bond donors (Lipinski definition) is 0. The molecule has 34 heavy (non-hydrogen) atoms. The maximum absolute atomic E-state index is 13.5. The van der Waals surface area contributed by atoms with Gasteiger partial charge in [-0.1, -0.05) is 12.1 Å². The fraction of sp³-hybridized carbons (Fsp3) is 0.542. The van der Waals surface area contributed by atoms with Crippen LogP contribution in [0.15, 0.2) is 18.2 Å². The topological polar surface area (TPSA) is 78.0 Å². The van der Waals surface area contributed by atoms with E-state index in [9.17, 15) is 22.8 Å². The summed E-state index contributed by atoms with van der Waals surface area (Å²) in [6.07, 6.45) is -4.19. The molecule has 10 heteroatoms. The van der Waals surface area contributed by atoms with E-state index in [1.165, 1.54) is 18.1 Å². The van der Waals surface area contributed by atoms with Crippen molar-refractivity contribution in [3.05, 3.63) is 35.0 Å². The average molecular weight is 480 g/mol. The highest BCUT2D eigenvalue weighted by Crippen LogP contribution is 2.46. The molecule has 4 rings (SSSR count). The van der Waals surface area contributed by atoms with E-state index in [2.05, 4.69) is 4.98 Å². The number of halogens is 3. The minimum atomic E-state index is -4.53. The summed E-state index contributed by atoms with van der Waals surface area (Å²) in [7, 11) is 1.25. The predicted octanol–water partition coefficient (Wildman–Crippen LogP) is 4.81. The molecule has 2 aliphatic rings. The van der Waals surface area contributed by atoms with E-state index in [-0.39, 0.29) is 18.5 Å². The minimum absolute atomic E-state index is 0.0845. The predicted molar refractivity (Wildman–Crippen MR) is 117 cm³/mol. The van der Waals surface area contributed by atoms with Crippen LogP contribution in [-0.2, 0) is 26.9 Å². The Hall–Kier alpha value is -3.04. The highest BCUT2D eigenvalue weighted by Gasteiger charge is 2.53. The van der Waals surface area contributed by atoms with E-state index in [4.69, 9.17) is 14.2 Å². The van der Waals surface area contributed by atoms with Crippen LogP contribution in [0.5, 0.6) is 5.75 Å². The second kappa shape index (κ2) is 8.02. The van der Waals surface area contributed by atoms with Gasteiger partial charge in [-0.25, -0.2) is 14.6 Å². The van der Waals surface area contributed by atoms with Crippen LogP contribution in [0.25, 0.3) is 10.9 Å². The van der Waals surface area contributed by atoms with Crippen LogP contribution in [0.1, 0.15) is 50.4 Å². The standard InChI is InChI=1S/C24H27F3N2O5/c1-13-19-15(14-7-6-8-16(18(14)28-13)24(25,26)27)9-10-23(33-19)11-17(20(30)32-5)29(12-23)21(31)34-22(2,3)4/h6-8,17H,9-12H2,1-5H3/t17-,23+/m0/s1. The van der Waals surface area contributed by atoms with Crippen molar-refractivity contribution in [1.82, 2.24) is 9.88 Å². The summed E-state index contributed by atoms with van der Waals surface area (Å²) >= 11 is 0. The zero-order valence-corrected chi connectivity index (χ0v) is 19.7. The van der Waals surface area contributed by atoms with Crippen LogP contribution >= 0.6 is 0 Å². The first-order valence-corrected chi connectivity index (χ1v) is 11.0. The molecule has 0 N–H and O–H groups in total. The Balaban J connectivity index is 1.72. The molecule has 7 nitrogen and oxygen atoms in total. The van der Waals surface area contributed by atoms with E-state index in [1.807, 2.05) is 0 Å². The summed E-state index contributed by atoms with van der Waals surface area (Å²) in [6.45, 7) is 6.87. The summed E-state index contributed by atoms with van der Waals surface area (Å²) in [4.78, 5) is 30.9. The monoisotopic (exact) mass is 480 g/mol. The van der Waals surface area contributed by atoms with Gasteiger partial charge >= 0.3 is 18.2 Å². The van der Waals surface area contributed by atoms with E-state index >= 15 is 0 Å². The molecule has 0 radical (unpaired) electrons. The van der Waals surface area contributed by atoms with E-state index in [0.29, 0.717) is 35.2 Å². The molecule has 2 aliphatic heterocycles. The number of methoxy groups -OCH3 is 1. The van der Waals surface area contributed by atoms with Crippen molar-refractivity contribution >= 4 is 23.0 Å². The summed E-state index contributed by atoms with van der Waals surface area (Å²) < 4.78 is 57.4. The van der Waals surface area contributed by atoms with Crippen molar-refractivity contribution in [2.24, 2.45) is 0 Å². The van der Waals surface area contributed by atoms with Gasteiger partial charge in [-0.3, -0.25) is 4.90 Å². The third-order valence-electron chi connectivity index (χ3n) is 6.20. The first-order chi connectivity index (χ1) is 15.7. The number of aromatic nitrogens is 1. The first-order valence-electron chi connectivity index (χ1n) is 11.0. The molecule has 0 saturated carbocycles. The molecule has 1 aromatic carbocycles. The van der Waals surface area contributed by atoms with Gasteiger partial charge in [0.05, 0.1) is 30.4 Å². The summed E-state index contributed by atoms with van der Waals surface area (Å²) in [6, 6.07) is 3.09. The summed E-state index contributed by atoms with van der Waals surface area (Å²) in [5.74, 6) is -0.187. The number of ether oxygens (including phenoxy) is 3. The number of alkyl halides is 3. The smallest absolute Gasteiger partial charge is 0.418 e. The molecule has 0 bridgehead atoms. The van der Waals surface area contributed by atoms with Crippen molar-refractivity contribution < 1.29 is 37.0 Å². The van der Waals surface area contributed by atoms with Crippen LogP contribution in [0.3, 0.4) is 0 Å². The van der Waals surface area contributed by atoms with Crippen LogP contribution in [-0.4, -0.2) is 52.8 Å². The number of rotatable bonds is 1. The minimum Gasteiger partial charge on any atom is -0.483 e. The summed E-state index contributed by atoms with van der Waals surface area (Å²) in [5.41, 5.74) is -1.61. The van der Waals surface area contributed by atoms with E-state index in [0.717, 1.165) is 6.07 Å². The van der Waals surface area contributed by atoms with Gasteiger partial charge in [0.25, 0.3) is 0 Å². The number of hydrogen-bond acceptors (Lipinski definition) is 6. The molecule has 0 unspecified atom stereocenters. The Morgan fingerprint density at radius 2 is 1.94 bits per heavy atom. The van der Waals surface area contributed by atoms with E-state index < -0.39 is 41.0 Å². The van der Waals surface area contributed by atoms with Gasteiger partial charge in [0.1, 0.15) is 23.0 Å². The lowest BCUT2D eigenvalue weighted by Crippen LogP contribution is -2.46. The Morgan fingerprint density at radius 1 is 1.24 bits per heavy atom. The first kappa shape index (κ1) is 24.1. The third kappa shape index (κ3) is 4.25. The largest absolute Gasteiger partial charge is 0.483 e. The molecular formula is C24H27F3N2O5. The van der Waals surface area contributed by atoms with Crippen molar-refractivity contribution in [1.29, 1.82) is 0 Å². The molecular weight excluding hydrogens is 453 g/mol. The van der Waals surface area contributed by atoms with Gasteiger partial charge in [-0.15, -0.1) is 0 Å². The van der Waals surface area contributed by atoms with Crippen LogP contribution in [0.4, 0.5) is 18.0 Å². The van der Waals surface area contributed by atoms with Gasteiger partial charge < -0.3 is 14.2 Å². The second-order valence-electron chi connectivity index (χ2n) is 9.84. The number of aryl methyl sites for hydroxylation is 2. The van der Waals surface area contributed by atoms with E-state index in [1.54, 1.807) is 33.8 Å². The number of esters is 1. The molecule has 1 spiro atoms. The maximum atomic E-state index is 13.5. The van der Waals surface area contributed by atoms with Crippen molar-refractivity contribution in [2.75, 3.05) is 13.7 Å². The number of amides is 1. The lowest BCUT2D eigenvalue weighted by molar-refractivity contribution is -0.145. The van der Waals surface area contributed by atoms with Crippen LogP contribution in [0.2, 0.25) is 0 Å². The normalized spacial score (nSPS) is 22.5. The zero-order chi connectivity index (χ0) is 25.1. The van der Waals surface area contributed by atoms with Gasteiger partial charge in [0.2, 0.25) is 0 Å². The highest BCUT2D eigenvalue weighted by molar-refractivity contribution is 5.88. The van der Waals surface area contributed by atoms with Gasteiger partial charge in [-0.05, 0) is 46.6 Å². The number of nitrogens with zero attached hydrogens (tertiary/aromatic N) is 2. The number of pyridine rings is 1. The van der Waals surface area contributed by atoms with Crippen molar-refractivity contribution in [3.8, 4) is 5.75 Å². The number of carbonyl (C=O) groups is 2. The molecule has 2 atom stereocenters. The maximum Gasteiger partial charge on any atom is 0.418 e. The Kier molecular flexibility index (Phi) is 5.69. The number of likely N-dealkylation sites (tertiary alicyclic amines) is 1. The molecule has 3 heterocycles. The fourth-order valence-electron chi connectivity index (χ4n) is 4.76. The lowest BCUT2D eigenvalue weighted by atomic mass is 9.87. The molecule has 1 aromatic heterocycles. The average Bonchev–Trinajstić information content (AvgIpc) is 3.10. The highest BCUT2D eigenvalue weighted by atomic mass is 19.4. The molecule has 1 fully saturated rings. The van der Waals surface area contributed by atoms with Gasteiger partial charge in [0, 0.05) is 17.4 Å². The number of carbonyl (C=O) groups excluding carboxylic acids is 2. The van der Waals surface area contributed by atoms with Crippen molar-refractivity contribution in [2.45, 2.75) is 70.4 Å². The zero-order valence-electron chi connectivity index (χ0n) is 19.7. The Bertz CT molecular complexity index is 1160. The number of benzene rings is 1. The Morgan fingerprint density at radius 3 is 2.56 bits per heavy atom.